The van der Waals surface area contributed by atoms with E-state index >= 15 is 0 Å². The lowest BCUT2D eigenvalue weighted by Gasteiger charge is -2.48. The second kappa shape index (κ2) is 38.5. The summed E-state index contributed by atoms with van der Waals surface area (Å²) in [4.78, 5) is 13.2. The van der Waals surface area contributed by atoms with E-state index in [0.29, 0.717) is 12.8 Å². The van der Waals surface area contributed by atoms with Crippen LogP contribution >= 0.6 is 0 Å². The summed E-state index contributed by atoms with van der Waals surface area (Å²) < 4.78 is 34.1. The van der Waals surface area contributed by atoms with Gasteiger partial charge in [0.1, 0.15) is 73.2 Å². The van der Waals surface area contributed by atoms with Gasteiger partial charge in [0.15, 0.2) is 18.9 Å². The van der Waals surface area contributed by atoms with Crippen LogP contribution in [-0.4, -0.2) is 193 Å². The summed E-state index contributed by atoms with van der Waals surface area (Å²) in [5.41, 5.74) is 0. The van der Waals surface area contributed by atoms with Crippen molar-refractivity contribution in [3.63, 3.8) is 0 Å². The van der Waals surface area contributed by atoms with E-state index in [0.717, 1.165) is 57.8 Å². The number of unbranched alkanes of at least 4 members (excludes halogenated alkanes) is 19. The summed E-state index contributed by atoms with van der Waals surface area (Å²) in [7, 11) is 0. The molecule has 3 fully saturated rings. The van der Waals surface area contributed by atoms with Gasteiger partial charge in [-0.1, -0.05) is 140 Å². The van der Waals surface area contributed by atoms with E-state index < -0.39 is 124 Å². The maximum Gasteiger partial charge on any atom is 0.220 e. The number of amides is 1. The molecule has 1 amide bonds. The molecule has 17 atom stereocenters. The zero-order valence-electron chi connectivity index (χ0n) is 43.9. The molecule has 3 rings (SSSR count). The van der Waals surface area contributed by atoms with Crippen LogP contribution in [0.1, 0.15) is 168 Å². The van der Waals surface area contributed by atoms with Crippen molar-refractivity contribution in [2.45, 2.75) is 272 Å². The number of aliphatic hydroxyl groups is 11. The Morgan fingerprint density at radius 2 is 0.877 bits per heavy atom. The minimum Gasteiger partial charge on any atom is -0.394 e. The zero-order valence-corrected chi connectivity index (χ0v) is 43.9. The number of hydrogen-bond acceptors (Lipinski definition) is 18. The molecule has 0 radical (unpaired) electrons. The third kappa shape index (κ3) is 23.7. The van der Waals surface area contributed by atoms with Gasteiger partial charge in [-0.05, 0) is 57.8 Å². The van der Waals surface area contributed by atoms with Crippen LogP contribution in [0.15, 0.2) is 36.5 Å². The Bertz CT molecular complexity index is 1490. The summed E-state index contributed by atoms with van der Waals surface area (Å²) in [6.45, 7) is 1.61. The molecular weight excluding hydrogens is 951 g/mol. The van der Waals surface area contributed by atoms with E-state index in [1.807, 2.05) is 6.08 Å². The highest BCUT2D eigenvalue weighted by molar-refractivity contribution is 5.76. The normalized spacial score (nSPS) is 32.0. The zero-order chi connectivity index (χ0) is 53.4. The molecule has 73 heavy (non-hydrogen) atoms. The van der Waals surface area contributed by atoms with Crippen LogP contribution in [0.4, 0.5) is 0 Å². The number of nitrogens with one attached hydrogen (secondary N) is 1. The van der Waals surface area contributed by atoms with Crippen molar-refractivity contribution in [2.24, 2.45) is 0 Å². The molecule has 3 aliphatic heterocycles. The molecule has 0 aliphatic carbocycles. The summed E-state index contributed by atoms with van der Waals surface area (Å²) in [6, 6.07) is -0.987. The topological polar surface area (TPSA) is 307 Å². The van der Waals surface area contributed by atoms with Crippen molar-refractivity contribution in [2.75, 3.05) is 26.4 Å². The summed E-state index contributed by atoms with van der Waals surface area (Å²) >= 11 is 0. The molecule has 0 spiro atoms. The first kappa shape index (κ1) is 65.3. The van der Waals surface area contributed by atoms with Crippen molar-refractivity contribution in [1.29, 1.82) is 0 Å². The molecule has 19 nitrogen and oxygen atoms in total. The number of allylic oxidation sites excluding steroid dienone is 5. The SMILES string of the molecule is CCCCC/C=C/CC/C=C/C(O)C(COC1OC(CO)C(OC2OC(CO)C(OC3OC(CO)C(O)C(O)C3O)C(O)C2O)C(O)C1O)NC(=O)CCCCCCCCCCC/C=C\CCCCCCCC. The Kier molecular flexibility index (Phi) is 34.5. The van der Waals surface area contributed by atoms with Crippen LogP contribution in [0, 0.1) is 0 Å². The van der Waals surface area contributed by atoms with Gasteiger partial charge in [-0.25, -0.2) is 0 Å². The molecule has 0 saturated carbocycles. The first-order valence-corrected chi connectivity index (χ1v) is 27.7. The molecule has 426 valence electrons. The average Bonchev–Trinajstić information content (AvgIpc) is 3.39. The Labute approximate surface area is 434 Å². The van der Waals surface area contributed by atoms with Crippen molar-refractivity contribution in [3.05, 3.63) is 36.5 Å². The molecule has 19 heteroatoms. The number of rotatable bonds is 39. The van der Waals surface area contributed by atoms with E-state index in [1.54, 1.807) is 6.08 Å². The molecule has 17 unspecified atom stereocenters. The van der Waals surface area contributed by atoms with Crippen LogP contribution in [0.5, 0.6) is 0 Å². The molecule has 0 aromatic rings. The van der Waals surface area contributed by atoms with Gasteiger partial charge in [0, 0.05) is 6.42 Å². The van der Waals surface area contributed by atoms with Crippen LogP contribution in [0.25, 0.3) is 0 Å². The first-order valence-electron chi connectivity index (χ1n) is 27.7. The lowest BCUT2D eigenvalue weighted by molar-refractivity contribution is -0.379. The highest BCUT2D eigenvalue weighted by Gasteiger charge is 2.53. The van der Waals surface area contributed by atoms with Gasteiger partial charge >= 0.3 is 0 Å². The number of carbonyl (C=O) groups excluding carboxylic acids is 1. The van der Waals surface area contributed by atoms with Gasteiger partial charge in [-0.3, -0.25) is 4.79 Å². The summed E-state index contributed by atoms with van der Waals surface area (Å²) in [6.07, 6.45) is 11.6. The predicted octanol–water partition coefficient (Wildman–Crippen LogP) is 3.37. The summed E-state index contributed by atoms with van der Waals surface area (Å²) in [5, 5.41) is 120. The minimum atomic E-state index is -1.98. The second-order valence-electron chi connectivity index (χ2n) is 20.0. The predicted molar refractivity (Wildman–Crippen MR) is 272 cm³/mol. The van der Waals surface area contributed by atoms with Crippen molar-refractivity contribution >= 4 is 5.91 Å². The second-order valence-corrected chi connectivity index (χ2v) is 20.0. The van der Waals surface area contributed by atoms with Gasteiger partial charge in [0.05, 0.1) is 38.6 Å². The maximum atomic E-state index is 13.2. The Hall–Kier alpha value is -1.99. The van der Waals surface area contributed by atoms with Crippen LogP contribution < -0.4 is 5.32 Å². The van der Waals surface area contributed by atoms with E-state index in [1.165, 1.54) is 77.0 Å². The van der Waals surface area contributed by atoms with Crippen LogP contribution in [0.3, 0.4) is 0 Å². The van der Waals surface area contributed by atoms with Gasteiger partial charge in [-0.15, -0.1) is 0 Å². The first-order chi connectivity index (χ1) is 35.3. The highest BCUT2D eigenvalue weighted by Crippen LogP contribution is 2.33. The Morgan fingerprint density at radius 1 is 0.479 bits per heavy atom. The summed E-state index contributed by atoms with van der Waals surface area (Å²) in [5.74, 6) is -0.292. The maximum absolute atomic E-state index is 13.2. The monoisotopic (exact) mass is 1050 g/mol. The molecule has 0 bridgehead atoms. The smallest absolute Gasteiger partial charge is 0.220 e. The molecule has 3 heterocycles. The van der Waals surface area contributed by atoms with Gasteiger partial charge in [-0.2, -0.15) is 0 Å². The van der Waals surface area contributed by atoms with Gasteiger partial charge in [0.2, 0.25) is 5.91 Å². The lowest BCUT2D eigenvalue weighted by Crippen LogP contribution is -2.66. The van der Waals surface area contributed by atoms with Crippen LogP contribution in [0.2, 0.25) is 0 Å². The molecule has 3 aliphatic rings. The fourth-order valence-electron chi connectivity index (χ4n) is 9.26. The quantitative estimate of drug-likeness (QED) is 0.0310. The number of ether oxygens (including phenoxy) is 6. The van der Waals surface area contributed by atoms with Crippen molar-refractivity contribution in [3.8, 4) is 0 Å². The molecule has 0 aromatic carbocycles. The standard InChI is InChI=1S/C54H97NO18/c1-3-5-7-9-11-13-14-15-16-17-18-19-20-21-22-24-26-28-30-32-42(60)55-37(38(59)31-29-27-25-23-12-10-8-6-4-2)36-68-52-48(66)45(63)50(40(34-57)70-52)73-54-49(67)46(64)51(41(35-58)71-54)72-53-47(65)44(62)43(61)39(33-56)69-53/h12,15-16,23,29,31,37-41,43-54,56-59,61-67H,3-11,13-14,17-22,24-28,30,32-36H2,1-2H3,(H,55,60)/b16-15-,23-12+,31-29+. The minimum absolute atomic E-state index is 0.233. The lowest BCUT2D eigenvalue weighted by atomic mass is 9.96. The van der Waals surface area contributed by atoms with E-state index in [-0.39, 0.29) is 18.9 Å². The Morgan fingerprint density at radius 3 is 1.40 bits per heavy atom. The largest absolute Gasteiger partial charge is 0.394 e. The molecule has 12 N–H and O–H groups in total. The van der Waals surface area contributed by atoms with E-state index in [2.05, 4.69) is 43.5 Å². The van der Waals surface area contributed by atoms with Crippen molar-refractivity contribution < 1.29 is 89.4 Å². The number of carbonyl (C=O) groups is 1. The average molecular weight is 1050 g/mol. The fourth-order valence-corrected chi connectivity index (χ4v) is 9.26. The number of aliphatic hydroxyl groups excluding tert-OH is 11. The number of hydrogen-bond donors (Lipinski definition) is 12. The third-order valence-corrected chi connectivity index (χ3v) is 13.9. The van der Waals surface area contributed by atoms with E-state index in [9.17, 15) is 61.0 Å². The fraction of sp³-hybridized carbons (Fsp3) is 0.870. The van der Waals surface area contributed by atoms with Crippen molar-refractivity contribution in [1.82, 2.24) is 5.32 Å². The molecule has 3 saturated heterocycles. The van der Waals surface area contributed by atoms with Crippen LogP contribution in [-0.2, 0) is 33.2 Å². The molecular formula is C54H97NO18. The Balaban J connectivity index is 1.50. The molecule has 0 aromatic heterocycles. The van der Waals surface area contributed by atoms with Gasteiger partial charge < -0.3 is 89.9 Å². The van der Waals surface area contributed by atoms with E-state index in [4.69, 9.17) is 28.4 Å². The van der Waals surface area contributed by atoms with Gasteiger partial charge in [0.25, 0.3) is 0 Å². The highest BCUT2D eigenvalue weighted by atomic mass is 16.8. The third-order valence-electron chi connectivity index (χ3n) is 13.9.